The van der Waals surface area contributed by atoms with Crippen LogP contribution in [0, 0.1) is 5.92 Å². The van der Waals surface area contributed by atoms with Crippen molar-refractivity contribution in [3.05, 3.63) is 78.4 Å². The zero-order valence-electron chi connectivity index (χ0n) is 26.9. The predicted octanol–water partition coefficient (Wildman–Crippen LogP) is 6.97. The van der Waals surface area contributed by atoms with E-state index in [1.54, 1.807) is 7.11 Å². The lowest BCUT2D eigenvalue weighted by Gasteiger charge is -2.60. The number of piperidine rings is 1. The molecule has 2 aromatic rings. The summed E-state index contributed by atoms with van der Waals surface area (Å²) >= 11 is 0. The molecule has 1 saturated carbocycles. The minimum Gasteiger partial charge on any atom is -0.497 e. The summed E-state index contributed by atoms with van der Waals surface area (Å²) in [6, 6.07) is 18.9. The molecule has 0 unspecified atom stereocenters. The summed E-state index contributed by atoms with van der Waals surface area (Å²) in [7, 11) is 1.69. The lowest BCUT2D eigenvalue weighted by atomic mass is 9.54. The van der Waals surface area contributed by atoms with Gasteiger partial charge in [0.1, 0.15) is 11.4 Å². The van der Waals surface area contributed by atoms with Crippen LogP contribution in [0.25, 0.3) is 0 Å². The Morgan fingerprint density at radius 2 is 1.88 bits per heavy atom. The van der Waals surface area contributed by atoms with Crippen molar-refractivity contribution >= 4 is 11.9 Å². The summed E-state index contributed by atoms with van der Waals surface area (Å²) in [6.07, 6.45) is 9.72. The highest BCUT2D eigenvalue weighted by Crippen LogP contribution is 2.55. The molecule has 0 radical (unpaired) electrons. The normalized spacial score (nSPS) is 23.8. The molecule has 234 valence electrons. The number of hydrogen-bond donors (Lipinski definition) is 0. The Morgan fingerprint density at radius 1 is 1.09 bits per heavy atom. The Hall–Kier alpha value is -3.12. The van der Waals surface area contributed by atoms with Crippen molar-refractivity contribution in [3.63, 3.8) is 0 Å². The monoisotopic (exact) mass is 588 g/mol. The number of benzene rings is 2. The lowest BCUT2D eigenvalue weighted by molar-refractivity contribution is -0.190. The number of hydrogen-bond acceptors (Lipinski definition) is 5. The minimum absolute atomic E-state index is 0.0834. The van der Waals surface area contributed by atoms with Crippen LogP contribution in [-0.4, -0.2) is 66.6 Å². The van der Waals surface area contributed by atoms with Gasteiger partial charge in [0.25, 0.3) is 0 Å². The Bertz CT molecular complexity index is 1210. The van der Waals surface area contributed by atoms with Gasteiger partial charge >= 0.3 is 5.97 Å². The van der Waals surface area contributed by atoms with E-state index in [0.717, 1.165) is 75.9 Å². The van der Waals surface area contributed by atoms with Crippen LogP contribution in [-0.2, 0) is 26.2 Å². The van der Waals surface area contributed by atoms with Gasteiger partial charge in [0.05, 0.1) is 7.11 Å². The Kier molecular flexibility index (Phi) is 11.5. The number of amides is 1. The van der Waals surface area contributed by atoms with Crippen molar-refractivity contribution in [2.24, 2.45) is 5.92 Å². The summed E-state index contributed by atoms with van der Waals surface area (Å²) < 4.78 is 12.1. The Balaban J connectivity index is 1.58. The molecule has 0 N–H and O–H groups in total. The second-order valence-electron chi connectivity index (χ2n) is 13.1. The van der Waals surface area contributed by atoms with E-state index in [4.69, 9.17) is 9.47 Å². The zero-order chi connectivity index (χ0) is 30.9. The highest BCUT2D eigenvalue weighted by Gasteiger charge is 2.61. The summed E-state index contributed by atoms with van der Waals surface area (Å²) in [5.74, 6) is 1.16. The van der Waals surface area contributed by atoms with Gasteiger partial charge in [-0.25, -0.2) is 0 Å². The third-order valence-electron chi connectivity index (χ3n) is 9.54. The number of methoxy groups -OCH3 is 1. The topological polar surface area (TPSA) is 59.1 Å². The van der Waals surface area contributed by atoms with E-state index in [0.29, 0.717) is 25.3 Å². The molecule has 1 amide bonds. The van der Waals surface area contributed by atoms with Crippen LogP contribution in [0.4, 0.5) is 0 Å². The van der Waals surface area contributed by atoms with Gasteiger partial charge < -0.3 is 14.4 Å². The number of nitrogens with zero attached hydrogens (tertiary/aromatic N) is 2. The highest BCUT2D eigenvalue weighted by molar-refractivity contribution is 5.76. The number of unbranched alkanes of at least 4 members (excludes halogenated alkanes) is 2. The van der Waals surface area contributed by atoms with Gasteiger partial charge in [0, 0.05) is 44.4 Å². The van der Waals surface area contributed by atoms with E-state index >= 15 is 0 Å². The maximum Gasteiger partial charge on any atom is 0.303 e. The largest absolute Gasteiger partial charge is 0.497 e. The van der Waals surface area contributed by atoms with Gasteiger partial charge in [-0.1, -0.05) is 68.8 Å². The molecule has 3 atom stereocenters. The number of carbonyl (C=O) groups excluding carboxylic acids is 2. The van der Waals surface area contributed by atoms with Crippen LogP contribution in [0.2, 0.25) is 0 Å². The molecule has 43 heavy (non-hydrogen) atoms. The van der Waals surface area contributed by atoms with Gasteiger partial charge in [-0.05, 0) is 80.7 Å². The van der Waals surface area contributed by atoms with Crippen LogP contribution in [0.5, 0.6) is 5.75 Å². The first-order valence-electron chi connectivity index (χ1n) is 16.2. The number of likely N-dealkylation sites (tertiary alicyclic amines) is 1. The Labute approximate surface area is 259 Å². The molecule has 0 bridgehead atoms. The third-order valence-corrected chi connectivity index (χ3v) is 9.54. The highest BCUT2D eigenvalue weighted by atomic mass is 16.6. The number of ether oxygens (including phenoxy) is 2. The molecule has 6 heteroatoms. The minimum atomic E-state index is -0.688. The standard InChI is InChI=1S/C37H52N2O4/c1-6-23-38-24-22-36(32-17-13-18-34(25-32)42-5)26-33(20-21-37(36,28-38)43-30(4)40)39(27-29(2)3)35(41)19-12-8-11-16-31-14-9-7-10-15-31/h6-7,9-10,13-15,17-18,25,29,33H,1,8,11-12,16,19-24,26-28H2,2-5H3/t33-,36-,37-/m0/s1. The fourth-order valence-corrected chi connectivity index (χ4v) is 7.60. The lowest BCUT2D eigenvalue weighted by Crippen LogP contribution is -2.68. The van der Waals surface area contributed by atoms with Gasteiger partial charge in [0.2, 0.25) is 5.91 Å². The number of carbonyl (C=O) groups is 2. The molecule has 4 rings (SSSR count). The molecule has 2 aromatic carbocycles. The molecule has 1 heterocycles. The van der Waals surface area contributed by atoms with Crippen LogP contribution >= 0.6 is 0 Å². The maximum atomic E-state index is 13.9. The smallest absolute Gasteiger partial charge is 0.303 e. The molecule has 1 aliphatic heterocycles. The summed E-state index contributed by atoms with van der Waals surface area (Å²) in [4.78, 5) is 31.1. The average molecular weight is 589 g/mol. The molecule has 2 aliphatic rings. The number of fused-ring (bicyclic) bond motifs is 1. The quantitative estimate of drug-likeness (QED) is 0.136. The fraction of sp³-hybridized carbons (Fsp3) is 0.568. The van der Waals surface area contributed by atoms with Gasteiger partial charge in [0.15, 0.2) is 0 Å². The number of esters is 1. The first-order chi connectivity index (χ1) is 20.7. The van der Waals surface area contributed by atoms with E-state index in [-0.39, 0.29) is 17.9 Å². The molecule has 0 spiro atoms. The van der Waals surface area contributed by atoms with E-state index in [9.17, 15) is 9.59 Å². The number of rotatable bonds is 14. The second kappa shape index (κ2) is 15.1. The second-order valence-corrected chi connectivity index (χ2v) is 13.1. The predicted molar refractivity (Wildman–Crippen MR) is 173 cm³/mol. The Morgan fingerprint density at radius 3 is 2.58 bits per heavy atom. The fourth-order valence-electron chi connectivity index (χ4n) is 7.60. The van der Waals surface area contributed by atoms with E-state index < -0.39 is 11.0 Å². The van der Waals surface area contributed by atoms with Crippen molar-refractivity contribution in [2.45, 2.75) is 95.6 Å². The summed E-state index contributed by atoms with van der Waals surface area (Å²) in [5, 5.41) is 0. The molecule has 0 aromatic heterocycles. The van der Waals surface area contributed by atoms with E-state index in [1.807, 2.05) is 18.2 Å². The summed E-state index contributed by atoms with van der Waals surface area (Å²) in [5.41, 5.74) is 1.37. The van der Waals surface area contributed by atoms with E-state index in [1.165, 1.54) is 12.5 Å². The van der Waals surface area contributed by atoms with Crippen molar-refractivity contribution in [1.82, 2.24) is 9.80 Å². The first-order valence-corrected chi connectivity index (χ1v) is 16.2. The van der Waals surface area contributed by atoms with Crippen molar-refractivity contribution in [2.75, 3.05) is 33.3 Å². The van der Waals surface area contributed by atoms with Gasteiger partial charge in [-0.2, -0.15) is 0 Å². The third kappa shape index (κ3) is 7.89. The van der Waals surface area contributed by atoms with Crippen LogP contribution in [0.1, 0.15) is 83.3 Å². The molecule has 6 nitrogen and oxygen atoms in total. The van der Waals surface area contributed by atoms with Crippen LogP contribution in [0.15, 0.2) is 67.3 Å². The van der Waals surface area contributed by atoms with Gasteiger partial charge in [-0.15, -0.1) is 6.58 Å². The zero-order valence-corrected chi connectivity index (χ0v) is 26.9. The maximum absolute atomic E-state index is 13.9. The number of aryl methyl sites for hydroxylation is 1. The average Bonchev–Trinajstić information content (AvgIpc) is 2.99. The summed E-state index contributed by atoms with van der Waals surface area (Å²) in [6.45, 7) is 12.9. The molecule has 1 aliphatic carbocycles. The van der Waals surface area contributed by atoms with Crippen molar-refractivity contribution in [3.8, 4) is 5.75 Å². The molecular weight excluding hydrogens is 536 g/mol. The van der Waals surface area contributed by atoms with Crippen molar-refractivity contribution < 1.29 is 19.1 Å². The van der Waals surface area contributed by atoms with Crippen LogP contribution < -0.4 is 4.74 Å². The molecule has 2 fully saturated rings. The first kappa shape index (κ1) is 32.8. The SMILES string of the molecule is C=CCN1CC[C@@]2(c3cccc(OC)c3)C[C@@H](N(CC(C)C)C(=O)CCCCCc3ccccc3)CC[C@]2(OC(C)=O)C1. The van der Waals surface area contributed by atoms with E-state index in [2.05, 4.69) is 72.7 Å². The van der Waals surface area contributed by atoms with Crippen molar-refractivity contribution in [1.29, 1.82) is 0 Å². The van der Waals surface area contributed by atoms with Crippen LogP contribution in [0.3, 0.4) is 0 Å². The molecule has 1 saturated heterocycles. The van der Waals surface area contributed by atoms with Gasteiger partial charge in [-0.3, -0.25) is 14.5 Å². The molecular formula is C37H52N2O4.